The van der Waals surface area contributed by atoms with Gasteiger partial charge in [0.05, 0.1) is 23.8 Å². The molecule has 0 saturated carbocycles. The molecule has 3 aromatic rings. The predicted molar refractivity (Wildman–Crippen MR) is 140 cm³/mol. The molecule has 0 unspecified atom stereocenters. The number of sulfone groups is 1. The fourth-order valence-corrected chi connectivity index (χ4v) is 4.99. The fourth-order valence-electron chi connectivity index (χ4n) is 4.05. The van der Waals surface area contributed by atoms with Crippen molar-refractivity contribution in [2.24, 2.45) is 0 Å². The van der Waals surface area contributed by atoms with Crippen molar-refractivity contribution in [2.75, 3.05) is 40.2 Å². The van der Waals surface area contributed by atoms with Crippen molar-refractivity contribution in [3.63, 3.8) is 0 Å². The van der Waals surface area contributed by atoms with Gasteiger partial charge in [-0.25, -0.2) is 17.8 Å². The molecule has 37 heavy (non-hydrogen) atoms. The second kappa shape index (κ2) is 11.6. The van der Waals surface area contributed by atoms with E-state index in [1.165, 1.54) is 23.9 Å². The maximum Gasteiger partial charge on any atom is 0.261 e. The highest BCUT2D eigenvalue weighted by molar-refractivity contribution is 7.92. The van der Waals surface area contributed by atoms with Crippen LogP contribution in [0.4, 0.5) is 4.39 Å². The quantitative estimate of drug-likeness (QED) is 0.376. The summed E-state index contributed by atoms with van der Waals surface area (Å²) in [5, 5.41) is 9.50. The third-order valence-corrected chi connectivity index (χ3v) is 8.75. The van der Waals surface area contributed by atoms with Crippen molar-refractivity contribution in [3.05, 3.63) is 64.5 Å². The number of aryl methyl sites for hydroxylation is 1. The normalized spacial score (nSPS) is 13.7. The van der Waals surface area contributed by atoms with Gasteiger partial charge in [0.1, 0.15) is 17.2 Å². The maximum atomic E-state index is 15.0. The molecule has 0 radical (unpaired) electrons. The Morgan fingerprint density at radius 2 is 1.97 bits per heavy atom. The van der Waals surface area contributed by atoms with E-state index in [-0.39, 0.29) is 24.2 Å². The van der Waals surface area contributed by atoms with E-state index in [1.807, 2.05) is 18.0 Å². The third-order valence-electron chi connectivity index (χ3n) is 6.68. The van der Waals surface area contributed by atoms with E-state index in [0.717, 1.165) is 18.4 Å². The van der Waals surface area contributed by atoms with E-state index in [4.69, 9.17) is 4.74 Å². The van der Waals surface area contributed by atoms with Gasteiger partial charge >= 0.3 is 0 Å². The van der Waals surface area contributed by atoms with Crippen LogP contribution in [0.25, 0.3) is 22.0 Å². The van der Waals surface area contributed by atoms with Gasteiger partial charge in [0.15, 0.2) is 15.6 Å². The number of Topliss-reactive ketones (excluding diaryl/α,β-unsaturated/α-hetero) is 1. The number of carbonyl (C=O) groups excluding carboxylic acids is 1. The molecule has 0 aliphatic heterocycles. The molecule has 1 N–H and O–H groups in total. The van der Waals surface area contributed by atoms with E-state index in [1.54, 1.807) is 31.4 Å². The summed E-state index contributed by atoms with van der Waals surface area (Å²) in [6.45, 7) is 2.11. The Hall–Kier alpha value is -2.99. The third kappa shape index (κ3) is 6.30. The molecule has 0 spiro atoms. The molecule has 2 aromatic carbocycles. The first-order valence-corrected chi connectivity index (χ1v) is 13.6. The highest BCUT2D eigenvalue weighted by Crippen LogP contribution is 2.27. The van der Waals surface area contributed by atoms with Crippen LogP contribution in [0.5, 0.6) is 0 Å². The summed E-state index contributed by atoms with van der Waals surface area (Å²) >= 11 is 0. The van der Waals surface area contributed by atoms with E-state index in [0.29, 0.717) is 29.8 Å². The zero-order valence-electron chi connectivity index (χ0n) is 21.4. The number of aliphatic hydroxyl groups excluding tert-OH is 1. The number of hydrogen-bond acceptors (Lipinski definition) is 8. The molecule has 0 aliphatic rings. The minimum absolute atomic E-state index is 0.0895. The highest BCUT2D eigenvalue weighted by atomic mass is 32.2. The maximum absolute atomic E-state index is 15.0. The molecule has 0 saturated heterocycles. The average molecular weight is 534 g/mol. The SMILES string of the molecule is COCCN(C)Cc1ccc(-c2ccc3c(=O)n(CC[C@](C)(C(=O)CO)S(C)(=O)=O)cnc3c2)c(F)c1. The molecular weight excluding hydrogens is 501 g/mol. The van der Waals surface area contributed by atoms with Crippen molar-refractivity contribution in [3.8, 4) is 11.1 Å². The molecule has 0 bridgehead atoms. The van der Waals surface area contributed by atoms with E-state index >= 15 is 0 Å². The van der Waals surface area contributed by atoms with Gasteiger partial charge in [-0.05, 0) is 49.7 Å². The van der Waals surface area contributed by atoms with Crippen molar-refractivity contribution in [1.82, 2.24) is 14.5 Å². The number of halogens is 1. The number of ether oxygens (including phenoxy) is 1. The largest absolute Gasteiger partial charge is 0.389 e. The van der Waals surface area contributed by atoms with Crippen LogP contribution in [0.3, 0.4) is 0 Å². The van der Waals surface area contributed by atoms with Crippen LogP contribution in [0, 0.1) is 5.82 Å². The van der Waals surface area contributed by atoms with Crippen LogP contribution in [-0.4, -0.2) is 78.7 Å². The number of likely N-dealkylation sites (N-methyl/N-ethyl adjacent to an activating group) is 1. The molecule has 11 heteroatoms. The summed E-state index contributed by atoms with van der Waals surface area (Å²) < 4.78 is 43.9. The molecule has 1 aromatic heterocycles. The van der Waals surface area contributed by atoms with Crippen LogP contribution in [-0.2, 0) is 32.5 Å². The number of aromatic nitrogens is 2. The first-order chi connectivity index (χ1) is 17.4. The van der Waals surface area contributed by atoms with Gasteiger partial charge in [-0.15, -0.1) is 0 Å². The van der Waals surface area contributed by atoms with Gasteiger partial charge in [0, 0.05) is 38.6 Å². The Morgan fingerprint density at radius 1 is 1.24 bits per heavy atom. The van der Waals surface area contributed by atoms with Gasteiger partial charge in [0.25, 0.3) is 5.56 Å². The van der Waals surface area contributed by atoms with E-state index in [2.05, 4.69) is 4.98 Å². The number of fused-ring (bicyclic) bond motifs is 1. The van der Waals surface area contributed by atoms with Gasteiger partial charge in [0.2, 0.25) is 0 Å². The van der Waals surface area contributed by atoms with Crippen LogP contribution in [0.2, 0.25) is 0 Å². The van der Waals surface area contributed by atoms with Crippen molar-refractivity contribution in [2.45, 2.75) is 31.2 Å². The minimum Gasteiger partial charge on any atom is -0.389 e. The van der Waals surface area contributed by atoms with Crippen LogP contribution < -0.4 is 5.56 Å². The zero-order valence-corrected chi connectivity index (χ0v) is 22.2. The summed E-state index contributed by atoms with van der Waals surface area (Å²) in [5.41, 5.74) is 1.70. The Bertz CT molecular complexity index is 1460. The number of aliphatic hydroxyl groups is 1. The standard InChI is InChI=1S/C26H32FN3O6S/c1-26(24(32)16-31,37(4,34)35)9-10-30-17-28-23-14-19(6-8-21(23)25(30)33)20-7-5-18(13-22(20)27)15-29(2)11-12-36-3/h5-8,13-14,17,31H,9-12,15-16H2,1-4H3/t26-/m1/s1. The summed E-state index contributed by atoms with van der Waals surface area (Å²) in [4.78, 5) is 31.5. The number of methoxy groups -OCH3 is 1. The molecule has 0 amide bonds. The molecule has 9 nitrogen and oxygen atoms in total. The zero-order chi connectivity index (χ0) is 27.4. The van der Waals surface area contributed by atoms with Crippen molar-refractivity contribution < 1.29 is 27.4 Å². The van der Waals surface area contributed by atoms with E-state index in [9.17, 15) is 27.5 Å². The van der Waals surface area contributed by atoms with Gasteiger partial charge in [-0.1, -0.05) is 18.2 Å². The monoisotopic (exact) mass is 533 g/mol. The second-order valence-electron chi connectivity index (χ2n) is 9.35. The van der Waals surface area contributed by atoms with E-state index < -0.39 is 32.5 Å². The molecule has 200 valence electrons. The number of rotatable bonds is 12. The number of ketones is 1. The van der Waals surface area contributed by atoms with Crippen LogP contribution >= 0.6 is 0 Å². The molecular formula is C26H32FN3O6S. The highest BCUT2D eigenvalue weighted by Gasteiger charge is 2.42. The number of hydrogen-bond donors (Lipinski definition) is 1. The first kappa shape index (κ1) is 28.6. The topological polar surface area (TPSA) is 119 Å². The molecule has 1 atom stereocenters. The van der Waals surface area contributed by atoms with Gasteiger partial charge in [-0.2, -0.15) is 0 Å². The van der Waals surface area contributed by atoms with Crippen molar-refractivity contribution in [1.29, 1.82) is 0 Å². The Kier molecular flexibility index (Phi) is 8.96. The van der Waals surface area contributed by atoms with Gasteiger partial charge in [-0.3, -0.25) is 19.1 Å². The first-order valence-electron chi connectivity index (χ1n) is 11.7. The molecule has 0 fully saturated rings. The number of benzene rings is 2. The number of nitrogens with zero attached hydrogens (tertiary/aromatic N) is 3. The minimum atomic E-state index is -3.85. The lowest BCUT2D eigenvalue weighted by atomic mass is 10.0. The Balaban J connectivity index is 1.85. The lowest BCUT2D eigenvalue weighted by Gasteiger charge is -2.25. The summed E-state index contributed by atoms with van der Waals surface area (Å²) in [7, 11) is -0.285. The summed E-state index contributed by atoms with van der Waals surface area (Å²) in [6.07, 6.45) is 2.00. The molecule has 1 heterocycles. The van der Waals surface area contributed by atoms with Gasteiger partial charge < -0.3 is 9.84 Å². The Labute approximate surface area is 215 Å². The average Bonchev–Trinajstić information content (AvgIpc) is 2.85. The molecule has 3 rings (SSSR count). The summed E-state index contributed by atoms with van der Waals surface area (Å²) in [6, 6.07) is 9.84. The second-order valence-corrected chi connectivity index (χ2v) is 11.8. The Morgan fingerprint density at radius 3 is 2.59 bits per heavy atom. The predicted octanol–water partition coefficient (Wildman–Crippen LogP) is 2.04. The summed E-state index contributed by atoms with van der Waals surface area (Å²) in [5.74, 6) is -1.23. The lowest BCUT2D eigenvalue weighted by Crippen LogP contribution is -2.46. The van der Waals surface area contributed by atoms with Crippen molar-refractivity contribution >= 4 is 26.5 Å². The van der Waals surface area contributed by atoms with Crippen LogP contribution in [0.1, 0.15) is 18.9 Å². The molecule has 0 aliphatic carbocycles. The van der Waals surface area contributed by atoms with Crippen LogP contribution in [0.15, 0.2) is 47.5 Å². The smallest absolute Gasteiger partial charge is 0.261 e. The lowest BCUT2D eigenvalue weighted by molar-refractivity contribution is -0.124. The fraction of sp³-hybridized carbons (Fsp3) is 0.423. The number of carbonyl (C=O) groups is 1.